The molecule has 136 valence electrons. The molecule has 0 saturated carbocycles. The van der Waals surface area contributed by atoms with Gasteiger partial charge in [0.05, 0.1) is 0 Å². The normalized spacial score (nSPS) is 10.3. The van der Waals surface area contributed by atoms with Crippen LogP contribution in [0.25, 0.3) is 16.0 Å². The summed E-state index contributed by atoms with van der Waals surface area (Å²) in [6, 6.07) is 43.8. The molecular weight excluding hydrogens is 361 g/mol. The Hall–Kier alpha value is -3.38. The molecule has 0 heterocycles. The highest BCUT2D eigenvalue weighted by Gasteiger charge is 2.47. The first-order valence-corrected chi connectivity index (χ1v) is 10.7. The van der Waals surface area contributed by atoms with Crippen LogP contribution in [0.5, 0.6) is 0 Å². The first kappa shape index (κ1) is 19.4. The van der Waals surface area contributed by atoms with E-state index in [-0.39, 0.29) is 0 Å². The van der Waals surface area contributed by atoms with Crippen molar-refractivity contribution >= 4 is 28.5 Å². The van der Waals surface area contributed by atoms with Crippen molar-refractivity contribution in [3.63, 3.8) is 0 Å². The Labute approximate surface area is 166 Å². The van der Waals surface area contributed by atoms with Gasteiger partial charge < -0.3 is 11.1 Å². The Morgan fingerprint density at radius 3 is 0.750 bits per heavy atom. The van der Waals surface area contributed by atoms with Crippen LogP contribution in [0.2, 0.25) is 0 Å². The molecule has 0 atom stereocenters. The summed E-state index contributed by atoms with van der Waals surface area (Å²) in [6.07, 6.45) is 0. The second kappa shape index (κ2) is 9.53. The van der Waals surface area contributed by atoms with Gasteiger partial charge in [0.2, 0.25) is 0 Å². The molecule has 0 aliphatic carbocycles. The molecule has 0 bridgehead atoms. The van der Waals surface area contributed by atoms with Gasteiger partial charge in [0, 0.05) is 0 Å². The molecule has 28 heavy (non-hydrogen) atoms. The Kier molecular flexibility index (Phi) is 6.59. The van der Waals surface area contributed by atoms with Crippen molar-refractivity contribution in [3.05, 3.63) is 137 Å². The van der Waals surface area contributed by atoms with Gasteiger partial charge in [0.15, 0.2) is 0 Å². The van der Waals surface area contributed by atoms with Crippen molar-refractivity contribution in [2.75, 3.05) is 0 Å². The van der Waals surface area contributed by atoms with Gasteiger partial charge in [-0.05, 0) is 48.5 Å². The van der Waals surface area contributed by atoms with Crippen LogP contribution in [0.1, 0.15) is 0 Å². The zero-order valence-corrected chi connectivity index (χ0v) is 16.2. The van der Waals surface area contributed by atoms with Crippen molar-refractivity contribution in [1.29, 1.82) is 0 Å². The van der Waals surface area contributed by atoms with E-state index in [1.165, 1.54) is 26.1 Å². The molecule has 0 aromatic heterocycles. The van der Waals surface area contributed by atoms with E-state index in [1.807, 2.05) is 0 Å². The summed E-state index contributed by atoms with van der Waals surface area (Å²) in [5.74, 6) is 0. The molecule has 0 radical (unpaired) electrons. The zero-order valence-electron chi connectivity index (χ0n) is 15.3. The lowest BCUT2D eigenvalue weighted by atomic mass is 10.3. The monoisotopic (exact) mass is 381 g/mol. The lowest BCUT2D eigenvalue weighted by Gasteiger charge is -2.27. The average Bonchev–Trinajstić information content (AvgIpc) is 2.78. The van der Waals surface area contributed by atoms with E-state index < -0.39 is 7.26 Å². The van der Waals surface area contributed by atoms with Gasteiger partial charge in [-0.3, -0.25) is 4.91 Å². The minimum atomic E-state index is -1.91. The van der Waals surface area contributed by atoms with Gasteiger partial charge in [0.25, 0.3) is 0 Å². The molecule has 0 amide bonds. The number of hydrogen-bond donors (Lipinski definition) is 0. The van der Waals surface area contributed by atoms with Crippen LogP contribution in [-0.4, -0.2) is 0 Å². The fourth-order valence-electron chi connectivity index (χ4n) is 3.50. The highest BCUT2D eigenvalue weighted by molar-refractivity contribution is 8.01. The second-order valence-electron chi connectivity index (χ2n) is 6.10. The van der Waals surface area contributed by atoms with Gasteiger partial charge in [0.1, 0.15) is 28.5 Å². The van der Waals surface area contributed by atoms with Crippen LogP contribution >= 0.6 is 7.26 Å². The Morgan fingerprint density at radius 2 is 0.571 bits per heavy atom. The minimum absolute atomic E-state index is 1.39. The van der Waals surface area contributed by atoms with E-state index >= 15 is 0 Å². The molecule has 0 saturated heterocycles. The second-order valence-corrected chi connectivity index (χ2v) is 9.51. The van der Waals surface area contributed by atoms with Crippen molar-refractivity contribution in [2.24, 2.45) is 0 Å². The van der Waals surface area contributed by atoms with E-state index in [4.69, 9.17) is 11.1 Å². The molecule has 4 rings (SSSR count). The zero-order chi connectivity index (χ0) is 19.7. The van der Waals surface area contributed by atoms with E-state index in [1.54, 1.807) is 0 Å². The summed E-state index contributed by atoms with van der Waals surface area (Å²) in [5.41, 5.74) is 13.5. The molecule has 4 aromatic carbocycles. The average molecular weight is 381 g/mol. The molecule has 4 heteroatoms. The SMILES string of the molecule is [N-]=[N+]=[N-].c1ccc([P+](c2ccccc2)(c2ccccc2)c2ccccc2)cc1. The summed E-state index contributed by atoms with van der Waals surface area (Å²) < 4.78 is 0. The molecular formula is C24H20N3P. The molecule has 0 aliphatic heterocycles. The summed E-state index contributed by atoms with van der Waals surface area (Å²) in [7, 11) is -1.91. The van der Waals surface area contributed by atoms with Crippen LogP contribution < -0.4 is 21.2 Å². The van der Waals surface area contributed by atoms with Crippen LogP contribution in [0.15, 0.2) is 121 Å². The maximum Gasteiger partial charge on any atom is 0.144 e. The van der Waals surface area contributed by atoms with Gasteiger partial charge in [-0.25, -0.2) is 0 Å². The third-order valence-electron chi connectivity index (χ3n) is 4.57. The first-order chi connectivity index (χ1) is 13.8. The lowest BCUT2D eigenvalue weighted by molar-refractivity contribution is 1.71. The quantitative estimate of drug-likeness (QED) is 0.203. The molecule has 0 unspecified atom stereocenters. The third-order valence-corrected chi connectivity index (χ3v) is 8.86. The minimum Gasteiger partial charge on any atom is -0.373 e. The van der Waals surface area contributed by atoms with E-state index in [2.05, 4.69) is 121 Å². The molecule has 0 aliphatic rings. The third kappa shape index (κ3) is 3.82. The molecule has 3 nitrogen and oxygen atoms in total. The van der Waals surface area contributed by atoms with Gasteiger partial charge in [-0.15, -0.1) is 0 Å². The molecule has 0 fully saturated rings. The standard InChI is InChI=1S/C24H20P.N3/c1-5-13-21(14-6-1)25(22-15-7-2-8-16-22,23-17-9-3-10-18-23)24-19-11-4-12-20-24;1-3-2/h1-20H;/q+1;-1. The summed E-state index contributed by atoms with van der Waals surface area (Å²) in [5, 5.41) is 5.55. The van der Waals surface area contributed by atoms with Crippen LogP contribution in [0.3, 0.4) is 0 Å². The van der Waals surface area contributed by atoms with Crippen molar-refractivity contribution in [3.8, 4) is 0 Å². The number of benzene rings is 4. The predicted octanol–water partition coefficient (Wildman–Crippen LogP) is 5.17. The van der Waals surface area contributed by atoms with Gasteiger partial charge in [-0.2, -0.15) is 0 Å². The van der Waals surface area contributed by atoms with Crippen LogP contribution in [-0.2, 0) is 0 Å². The van der Waals surface area contributed by atoms with Crippen molar-refractivity contribution in [2.45, 2.75) is 0 Å². The smallest absolute Gasteiger partial charge is 0.144 e. The predicted molar refractivity (Wildman–Crippen MR) is 121 cm³/mol. The fraction of sp³-hybridized carbons (Fsp3) is 0. The van der Waals surface area contributed by atoms with Gasteiger partial charge in [-0.1, -0.05) is 72.8 Å². The first-order valence-electron chi connectivity index (χ1n) is 8.94. The number of rotatable bonds is 4. The molecule has 0 spiro atoms. The number of nitrogens with zero attached hydrogens (tertiary/aromatic N) is 3. The van der Waals surface area contributed by atoms with Crippen molar-refractivity contribution < 1.29 is 0 Å². The Balaban J connectivity index is 0.000000706. The van der Waals surface area contributed by atoms with E-state index in [0.717, 1.165) is 0 Å². The maximum absolute atomic E-state index is 6.75. The van der Waals surface area contributed by atoms with Crippen LogP contribution in [0.4, 0.5) is 0 Å². The summed E-state index contributed by atoms with van der Waals surface area (Å²) in [6.45, 7) is 0. The molecule has 0 N–H and O–H groups in total. The summed E-state index contributed by atoms with van der Waals surface area (Å²) in [4.78, 5) is 1.50. The topological polar surface area (TPSA) is 58.7 Å². The van der Waals surface area contributed by atoms with E-state index in [9.17, 15) is 0 Å². The highest BCUT2D eigenvalue weighted by Crippen LogP contribution is 2.53. The van der Waals surface area contributed by atoms with Gasteiger partial charge >= 0.3 is 0 Å². The highest BCUT2D eigenvalue weighted by atomic mass is 31.2. The number of hydrogen-bond acceptors (Lipinski definition) is 0. The van der Waals surface area contributed by atoms with Crippen LogP contribution in [0, 0.1) is 0 Å². The Bertz CT molecular complexity index is 851. The lowest BCUT2D eigenvalue weighted by Crippen LogP contribution is -2.38. The fourth-order valence-corrected chi connectivity index (χ4v) is 7.77. The largest absolute Gasteiger partial charge is 0.373 e. The Morgan fingerprint density at radius 1 is 0.393 bits per heavy atom. The van der Waals surface area contributed by atoms with E-state index in [0.29, 0.717) is 0 Å². The summed E-state index contributed by atoms with van der Waals surface area (Å²) >= 11 is 0. The maximum atomic E-state index is 6.75. The molecule has 4 aromatic rings. The van der Waals surface area contributed by atoms with Crippen molar-refractivity contribution in [1.82, 2.24) is 0 Å².